The van der Waals surface area contributed by atoms with Gasteiger partial charge in [0.15, 0.2) is 0 Å². The third-order valence-corrected chi connectivity index (χ3v) is 12.0. The monoisotopic (exact) mass is 525 g/mol. The SMILES string of the molecule is C[Si](C1C=Cc2c(-c3cccc4ccccc34)cccc21)C1C=Cc2c(-c3cccc4ccccc34)cccc21. The van der Waals surface area contributed by atoms with Crippen LogP contribution in [-0.2, 0) is 0 Å². The summed E-state index contributed by atoms with van der Waals surface area (Å²) in [6.45, 7) is 2.54. The molecule has 1 radical (unpaired) electrons. The van der Waals surface area contributed by atoms with E-state index in [1.54, 1.807) is 0 Å². The van der Waals surface area contributed by atoms with Gasteiger partial charge in [0.05, 0.1) is 8.80 Å². The number of fused-ring (bicyclic) bond motifs is 4. The second-order valence-corrected chi connectivity index (χ2v) is 13.8. The van der Waals surface area contributed by atoms with E-state index in [2.05, 4.69) is 152 Å². The summed E-state index contributed by atoms with van der Waals surface area (Å²) in [6.07, 6.45) is 9.79. The maximum Gasteiger partial charge on any atom is 0.0710 e. The Morgan fingerprint density at radius 2 is 0.825 bits per heavy atom. The second kappa shape index (κ2) is 9.33. The molecule has 2 aliphatic carbocycles. The molecular weight excluding hydrogens is 497 g/mol. The zero-order valence-electron chi connectivity index (χ0n) is 22.5. The van der Waals surface area contributed by atoms with E-state index < -0.39 is 8.80 Å². The maximum absolute atomic E-state index is 2.54. The molecule has 0 spiro atoms. The molecule has 2 unspecified atom stereocenters. The van der Waals surface area contributed by atoms with Crippen LogP contribution in [0.5, 0.6) is 0 Å². The summed E-state index contributed by atoms with van der Waals surface area (Å²) in [5.74, 6) is 0. The lowest BCUT2D eigenvalue weighted by atomic mass is 9.93. The van der Waals surface area contributed by atoms with Gasteiger partial charge in [-0.05, 0) is 77.1 Å². The van der Waals surface area contributed by atoms with Crippen molar-refractivity contribution >= 4 is 42.5 Å². The first kappa shape index (κ1) is 23.4. The van der Waals surface area contributed by atoms with Crippen LogP contribution in [0.1, 0.15) is 33.3 Å². The van der Waals surface area contributed by atoms with Crippen molar-refractivity contribution in [2.45, 2.75) is 17.6 Å². The van der Waals surface area contributed by atoms with Crippen LogP contribution in [0.2, 0.25) is 6.55 Å². The fourth-order valence-corrected chi connectivity index (χ4v) is 9.72. The lowest BCUT2D eigenvalue weighted by Crippen LogP contribution is -2.25. The van der Waals surface area contributed by atoms with Gasteiger partial charge in [0.25, 0.3) is 0 Å². The fraction of sp³-hybridized carbons (Fsp3) is 0.0769. The molecule has 2 aliphatic rings. The molecule has 1 heteroatoms. The Hall–Kier alpha value is -4.46. The van der Waals surface area contributed by atoms with Crippen molar-refractivity contribution in [2.75, 3.05) is 0 Å². The molecule has 40 heavy (non-hydrogen) atoms. The quantitative estimate of drug-likeness (QED) is 0.201. The highest BCUT2D eigenvalue weighted by molar-refractivity contribution is 6.62. The van der Waals surface area contributed by atoms with Gasteiger partial charge in [0, 0.05) is 0 Å². The normalized spacial score (nSPS) is 17.1. The van der Waals surface area contributed by atoms with Gasteiger partial charge in [-0.25, -0.2) is 0 Å². The predicted molar refractivity (Wildman–Crippen MR) is 174 cm³/mol. The summed E-state index contributed by atoms with van der Waals surface area (Å²) in [4.78, 5) is 0. The number of hydrogen-bond acceptors (Lipinski definition) is 0. The molecule has 0 heterocycles. The van der Waals surface area contributed by atoms with Gasteiger partial charge in [-0.1, -0.05) is 152 Å². The predicted octanol–water partition coefficient (Wildman–Crippen LogP) is 10.5. The standard InChI is InChI=1S/C39H29Si/c1-40(38-24-22-34-32(18-8-20-36(34)38)30-16-6-12-26-10-2-4-14-28(26)30)39-25-23-35-33(19-9-21-37(35)39)31-17-7-13-27-11-3-5-15-29(27)31/h2-25,38-39H,1H3. The minimum absolute atomic E-state index is 0.483. The Morgan fingerprint density at radius 1 is 0.425 bits per heavy atom. The van der Waals surface area contributed by atoms with Gasteiger partial charge in [0.1, 0.15) is 0 Å². The van der Waals surface area contributed by atoms with E-state index in [1.807, 2.05) is 0 Å². The Kier molecular flexibility index (Phi) is 5.46. The van der Waals surface area contributed by atoms with Crippen molar-refractivity contribution in [3.63, 3.8) is 0 Å². The van der Waals surface area contributed by atoms with Crippen LogP contribution >= 0.6 is 0 Å². The summed E-state index contributed by atoms with van der Waals surface area (Å²) >= 11 is 0. The topological polar surface area (TPSA) is 0 Å². The summed E-state index contributed by atoms with van der Waals surface area (Å²) < 4.78 is 0. The molecule has 0 bridgehead atoms. The molecule has 0 aromatic heterocycles. The van der Waals surface area contributed by atoms with Crippen LogP contribution in [0.3, 0.4) is 0 Å². The lowest BCUT2D eigenvalue weighted by molar-refractivity contribution is 1.09. The Balaban J connectivity index is 1.17. The molecule has 6 aromatic carbocycles. The van der Waals surface area contributed by atoms with Gasteiger partial charge < -0.3 is 0 Å². The van der Waals surface area contributed by atoms with Crippen LogP contribution in [0.25, 0.3) is 56.0 Å². The molecule has 0 N–H and O–H groups in total. The maximum atomic E-state index is 2.54. The van der Waals surface area contributed by atoms with Crippen molar-refractivity contribution in [1.29, 1.82) is 0 Å². The summed E-state index contributed by atoms with van der Waals surface area (Å²) in [5, 5.41) is 5.24. The molecule has 8 rings (SSSR count). The zero-order chi connectivity index (χ0) is 26.6. The number of benzene rings is 6. The largest absolute Gasteiger partial charge is 0.0793 e. The number of rotatable bonds is 4. The molecule has 0 nitrogen and oxygen atoms in total. The Labute approximate surface area is 237 Å². The van der Waals surface area contributed by atoms with Gasteiger partial charge >= 0.3 is 0 Å². The van der Waals surface area contributed by atoms with E-state index >= 15 is 0 Å². The third-order valence-electron chi connectivity index (χ3n) is 9.00. The van der Waals surface area contributed by atoms with Crippen LogP contribution < -0.4 is 0 Å². The van der Waals surface area contributed by atoms with Crippen LogP contribution in [0.15, 0.2) is 133 Å². The van der Waals surface area contributed by atoms with Crippen molar-refractivity contribution < 1.29 is 0 Å². The Bertz CT molecular complexity index is 1840. The third kappa shape index (κ3) is 3.58. The molecule has 0 aliphatic heterocycles. The van der Waals surface area contributed by atoms with E-state index in [-0.39, 0.29) is 0 Å². The zero-order valence-corrected chi connectivity index (χ0v) is 23.5. The first-order chi connectivity index (χ1) is 19.8. The van der Waals surface area contributed by atoms with E-state index in [0.29, 0.717) is 11.1 Å². The molecule has 0 fully saturated rings. The van der Waals surface area contributed by atoms with E-state index in [1.165, 1.54) is 66.1 Å². The first-order valence-corrected chi connectivity index (χ1v) is 16.4. The number of allylic oxidation sites excluding steroid dienone is 2. The summed E-state index contributed by atoms with van der Waals surface area (Å²) in [5.41, 5.74) is 12.1. The molecule has 6 aromatic rings. The van der Waals surface area contributed by atoms with E-state index in [4.69, 9.17) is 0 Å². The average molecular weight is 526 g/mol. The highest BCUT2D eigenvalue weighted by Gasteiger charge is 2.34. The van der Waals surface area contributed by atoms with Crippen molar-refractivity contribution in [1.82, 2.24) is 0 Å². The number of hydrogen-bond donors (Lipinski definition) is 0. The average Bonchev–Trinajstić information content (AvgIpc) is 3.65. The summed E-state index contributed by atoms with van der Waals surface area (Å²) in [7, 11) is -0.822. The molecule has 0 saturated heterocycles. The fourth-order valence-electron chi connectivity index (χ4n) is 7.05. The first-order valence-electron chi connectivity index (χ1n) is 14.2. The smallest absolute Gasteiger partial charge is 0.0710 e. The summed E-state index contributed by atoms with van der Waals surface area (Å²) in [6, 6.07) is 44.7. The van der Waals surface area contributed by atoms with Gasteiger partial charge in [-0.3, -0.25) is 0 Å². The molecule has 0 saturated carbocycles. The Morgan fingerprint density at radius 3 is 1.32 bits per heavy atom. The van der Waals surface area contributed by atoms with Crippen molar-refractivity contribution in [2.24, 2.45) is 0 Å². The second-order valence-electron chi connectivity index (χ2n) is 11.1. The highest BCUT2D eigenvalue weighted by atomic mass is 28.3. The van der Waals surface area contributed by atoms with Crippen LogP contribution in [0.4, 0.5) is 0 Å². The van der Waals surface area contributed by atoms with Gasteiger partial charge in [-0.2, -0.15) is 0 Å². The molecule has 2 atom stereocenters. The van der Waals surface area contributed by atoms with Crippen LogP contribution in [-0.4, -0.2) is 8.80 Å². The van der Waals surface area contributed by atoms with Crippen molar-refractivity contribution in [3.8, 4) is 22.3 Å². The van der Waals surface area contributed by atoms with Gasteiger partial charge in [-0.15, -0.1) is 0 Å². The van der Waals surface area contributed by atoms with Gasteiger partial charge in [0.2, 0.25) is 0 Å². The van der Waals surface area contributed by atoms with E-state index in [0.717, 1.165) is 0 Å². The van der Waals surface area contributed by atoms with Crippen molar-refractivity contribution in [3.05, 3.63) is 156 Å². The van der Waals surface area contributed by atoms with E-state index in [9.17, 15) is 0 Å². The molecule has 0 amide bonds. The minimum atomic E-state index is -0.822. The van der Waals surface area contributed by atoms with Crippen LogP contribution in [0, 0.1) is 0 Å². The molecule has 189 valence electrons. The highest BCUT2D eigenvalue weighted by Crippen LogP contribution is 2.46. The lowest BCUT2D eigenvalue weighted by Gasteiger charge is -2.25. The minimum Gasteiger partial charge on any atom is -0.0793 e. The molecular formula is C39H29Si.